The highest BCUT2D eigenvalue weighted by molar-refractivity contribution is 7.12. The molecule has 0 bridgehead atoms. The van der Waals surface area contributed by atoms with Crippen LogP contribution in [-0.4, -0.2) is 35.8 Å². The molecule has 2 N–H and O–H groups in total. The van der Waals surface area contributed by atoms with Crippen LogP contribution >= 0.6 is 22.7 Å². The maximum absolute atomic E-state index is 14.7. The van der Waals surface area contributed by atoms with Crippen molar-refractivity contribution in [2.45, 2.75) is 97.3 Å². The molecule has 0 spiro atoms. The van der Waals surface area contributed by atoms with Crippen molar-refractivity contribution in [2.24, 2.45) is 10.8 Å². The van der Waals surface area contributed by atoms with E-state index < -0.39 is 16.2 Å². The maximum atomic E-state index is 14.7. The third-order valence-electron chi connectivity index (χ3n) is 11.7. The van der Waals surface area contributed by atoms with Crippen molar-refractivity contribution in [3.8, 4) is 5.75 Å². The molecule has 1 aromatic carbocycles. The Morgan fingerprint density at radius 1 is 0.962 bits per heavy atom. The highest BCUT2D eigenvalue weighted by Gasteiger charge is 2.53. The van der Waals surface area contributed by atoms with Crippen LogP contribution in [0.3, 0.4) is 0 Å². The SMILES string of the molecule is C=C(/C=C(\C=C/C)OC)[C@]1(CC)C2=C(CC(C)(Cc3nc4c(s3)[C@@](CC)(c3cccc(OC)c3)C3=C(CC(C)(C)CC3=O)N4)CC2=O)Nc2ncsc21. The average Bonchev–Trinajstić information content (AvgIpc) is 3.75. The lowest BCUT2D eigenvalue weighted by molar-refractivity contribution is -0.119. The maximum Gasteiger partial charge on any atom is 0.162 e. The minimum atomic E-state index is -0.715. The van der Waals surface area contributed by atoms with Crippen molar-refractivity contribution < 1.29 is 19.1 Å². The van der Waals surface area contributed by atoms with Crippen molar-refractivity contribution in [3.05, 3.63) is 109 Å². The monoisotopic (exact) mass is 750 g/mol. The number of ketones is 2. The van der Waals surface area contributed by atoms with Gasteiger partial charge in [0, 0.05) is 41.8 Å². The summed E-state index contributed by atoms with van der Waals surface area (Å²) < 4.78 is 11.4. The van der Waals surface area contributed by atoms with E-state index in [0.717, 1.165) is 72.2 Å². The fraction of sp³-hybridized carbons (Fsp3) is 0.442. The van der Waals surface area contributed by atoms with Gasteiger partial charge in [-0.2, -0.15) is 0 Å². The first-order valence-corrected chi connectivity index (χ1v) is 20.2. The van der Waals surface area contributed by atoms with E-state index in [9.17, 15) is 9.59 Å². The second kappa shape index (κ2) is 13.5. The molecule has 8 nitrogen and oxygen atoms in total. The molecular weight excluding hydrogens is 701 g/mol. The first-order chi connectivity index (χ1) is 25.3. The summed E-state index contributed by atoms with van der Waals surface area (Å²) in [5.74, 6) is 3.35. The summed E-state index contributed by atoms with van der Waals surface area (Å²) in [4.78, 5) is 40.9. The molecule has 1 unspecified atom stereocenters. The second-order valence-corrected chi connectivity index (χ2v) is 17.9. The van der Waals surface area contributed by atoms with Gasteiger partial charge in [0.15, 0.2) is 11.6 Å². The third kappa shape index (κ3) is 5.93. The Kier molecular flexibility index (Phi) is 9.46. The number of thiazole rings is 2. The number of aromatic nitrogens is 2. The van der Waals surface area contributed by atoms with E-state index in [1.54, 1.807) is 36.9 Å². The van der Waals surface area contributed by atoms with Gasteiger partial charge in [-0.15, -0.1) is 22.7 Å². The number of nitrogens with zero attached hydrogens (tertiary/aromatic N) is 2. The Labute approximate surface area is 321 Å². The number of nitrogens with one attached hydrogen (secondary N) is 2. The number of anilines is 2. The number of carbonyl (C=O) groups excluding carboxylic acids is 2. The highest BCUT2D eigenvalue weighted by atomic mass is 32.1. The Bertz CT molecular complexity index is 2150. The van der Waals surface area contributed by atoms with Gasteiger partial charge in [0.25, 0.3) is 0 Å². The molecule has 10 heteroatoms. The van der Waals surface area contributed by atoms with E-state index in [0.29, 0.717) is 44.3 Å². The topological polar surface area (TPSA) is 102 Å². The Hall–Kier alpha value is -4.28. The van der Waals surface area contributed by atoms with E-state index in [2.05, 4.69) is 64.0 Å². The number of carbonyl (C=O) groups is 2. The Morgan fingerprint density at radius 2 is 1.70 bits per heavy atom. The number of allylic oxidation sites excluding steroid dienone is 8. The highest BCUT2D eigenvalue weighted by Crippen LogP contribution is 2.59. The molecule has 4 aliphatic rings. The van der Waals surface area contributed by atoms with Gasteiger partial charge in [-0.05, 0) is 78.9 Å². The van der Waals surface area contributed by atoms with Gasteiger partial charge in [0.2, 0.25) is 0 Å². The van der Waals surface area contributed by atoms with Crippen molar-refractivity contribution in [1.29, 1.82) is 0 Å². The molecule has 0 amide bonds. The van der Waals surface area contributed by atoms with E-state index >= 15 is 0 Å². The summed E-state index contributed by atoms with van der Waals surface area (Å²) in [5, 5.41) is 8.22. The van der Waals surface area contributed by atoms with E-state index in [1.807, 2.05) is 42.8 Å². The van der Waals surface area contributed by atoms with E-state index in [1.165, 1.54) is 0 Å². The van der Waals surface area contributed by atoms with Crippen LogP contribution in [0.15, 0.2) is 88.5 Å². The number of hydrogen-bond donors (Lipinski definition) is 2. The molecule has 0 fully saturated rings. The zero-order valence-electron chi connectivity index (χ0n) is 32.1. The van der Waals surface area contributed by atoms with E-state index in [-0.39, 0.29) is 17.0 Å². The number of ether oxygens (including phenoxy) is 2. The van der Waals surface area contributed by atoms with Gasteiger partial charge >= 0.3 is 0 Å². The predicted octanol–water partition coefficient (Wildman–Crippen LogP) is 9.97. The number of fused-ring (bicyclic) bond motifs is 2. The fourth-order valence-electron chi connectivity index (χ4n) is 9.41. The van der Waals surface area contributed by atoms with Crippen LogP contribution < -0.4 is 15.4 Å². The zero-order chi connectivity index (χ0) is 37.9. The number of Topliss-reactive ketones (excluding diaryl/α,β-unsaturated/α-hetero) is 2. The molecule has 7 rings (SSSR count). The van der Waals surface area contributed by atoms with Gasteiger partial charge in [-0.1, -0.05) is 59.4 Å². The quantitative estimate of drug-likeness (QED) is 0.156. The summed E-state index contributed by atoms with van der Waals surface area (Å²) >= 11 is 3.23. The first-order valence-electron chi connectivity index (χ1n) is 18.5. The Morgan fingerprint density at radius 3 is 2.40 bits per heavy atom. The van der Waals surface area contributed by atoms with Gasteiger partial charge in [-0.25, -0.2) is 9.97 Å². The molecule has 2 aliphatic heterocycles. The molecular formula is C43H50N4O4S2. The lowest BCUT2D eigenvalue weighted by atomic mass is 9.61. The average molecular weight is 751 g/mol. The summed E-state index contributed by atoms with van der Waals surface area (Å²) in [6, 6.07) is 8.15. The van der Waals surface area contributed by atoms with Crippen molar-refractivity contribution in [3.63, 3.8) is 0 Å². The fourth-order valence-corrected chi connectivity index (χ4v) is 12.0. The summed E-state index contributed by atoms with van der Waals surface area (Å²) in [6.45, 7) is 17.3. The summed E-state index contributed by atoms with van der Waals surface area (Å²) in [7, 11) is 3.33. The molecule has 0 radical (unpaired) electrons. The molecule has 3 atom stereocenters. The number of methoxy groups -OCH3 is 2. The lowest BCUT2D eigenvalue weighted by Crippen LogP contribution is -2.44. The van der Waals surface area contributed by atoms with Crippen LogP contribution in [0.5, 0.6) is 5.75 Å². The van der Waals surface area contributed by atoms with Crippen LogP contribution in [0.4, 0.5) is 11.6 Å². The predicted molar refractivity (Wildman–Crippen MR) is 215 cm³/mol. The van der Waals surface area contributed by atoms with Crippen LogP contribution in [0.1, 0.15) is 100 Å². The third-order valence-corrected chi connectivity index (χ3v) is 13.9. The lowest BCUT2D eigenvalue weighted by Gasteiger charge is -2.45. The number of rotatable bonds is 10. The van der Waals surface area contributed by atoms with Gasteiger partial charge in [0.05, 0.1) is 45.3 Å². The molecule has 0 saturated heterocycles. The van der Waals surface area contributed by atoms with Crippen LogP contribution in [0.25, 0.3) is 0 Å². The minimum Gasteiger partial charge on any atom is -0.497 e. The van der Waals surface area contributed by atoms with Gasteiger partial charge < -0.3 is 20.1 Å². The van der Waals surface area contributed by atoms with Crippen LogP contribution in [0, 0.1) is 10.8 Å². The summed E-state index contributed by atoms with van der Waals surface area (Å²) in [5.41, 5.74) is 5.26. The van der Waals surface area contributed by atoms with E-state index in [4.69, 9.17) is 19.4 Å². The number of benzene rings is 1. The van der Waals surface area contributed by atoms with Crippen molar-refractivity contribution >= 4 is 45.9 Å². The molecule has 53 heavy (non-hydrogen) atoms. The molecule has 3 aromatic rings. The Balaban J connectivity index is 1.30. The smallest absolute Gasteiger partial charge is 0.162 e. The standard InChI is InChI=1S/C43H50N4O4S2/c1-10-14-27(50-8)17-25(4)42(11-2)34-30(45-38-36(42)52-24-44-38)20-41(7,22-32(34)49)23-33-47-39-37(53-33)43(12-3,26-15-13-16-28(18-26)51-9)35-29(46-39)19-40(5,6)21-31(35)48/h10,13-18,24,45-46H,4,11-12,19-23H2,1-3,5-9H3/b14-10-,27-17+/t41?,42-,43+/m1/s1. The van der Waals surface area contributed by atoms with Crippen LogP contribution in [-0.2, 0) is 31.6 Å². The normalized spacial score (nSPS) is 26.4. The minimum absolute atomic E-state index is 0.116. The zero-order valence-corrected chi connectivity index (χ0v) is 33.8. The first kappa shape index (κ1) is 37.1. The van der Waals surface area contributed by atoms with Gasteiger partial charge in [0.1, 0.15) is 23.1 Å². The molecule has 0 saturated carbocycles. The molecule has 2 aromatic heterocycles. The molecule has 4 heterocycles. The largest absolute Gasteiger partial charge is 0.497 e. The van der Waals surface area contributed by atoms with Crippen molar-refractivity contribution in [1.82, 2.24) is 9.97 Å². The summed E-state index contributed by atoms with van der Waals surface area (Å²) in [6.07, 6.45) is 10.1. The van der Waals surface area contributed by atoms with Gasteiger partial charge in [-0.3, -0.25) is 9.59 Å². The molecule has 2 aliphatic carbocycles. The number of hydrogen-bond acceptors (Lipinski definition) is 10. The van der Waals surface area contributed by atoms with Crippen molar-refractivity contribution in [2.75, 3.05) is 24.9 Å². The molecule has 278 valence electrons. The second-order valence-electron chi connectivity index (χ2n) is 16.0. The van der Waals surface area contributed by atoms with Crippen LogP contribution in [0.2, 0.25) is 0 Å².